The van der Waals surface area contributed by atoms with Crippen LogP contribution in [0.15, 0.2) is 12.2 Å². The molecule has 0 aromatic heterocycles. The van der Waals surface area contributed by atoms with Gasteiger partial charge in [0.05, 0.1) is 6.61 Å². The SMILES string of the molecule is CCCCCCCC/C=C\CCCCCCCC(=O)OC1C(OCC(COC(=O)CCCCCCCCCCCCCCCCC)OC(=O)CCCCCCCCCCCCCCC)OC(C(=O)O)C(O)C1O. The minimum Gasteiger partial charge on any atom is -0.479 e. The molecule has 1 aliphatic heterocycles. The minimum atomic E-state index is -1.90. The maximum atomic E-state index is 13.1. The second kappa shape index (κ2) is 50.3. The van der Waals surface area contributed by atoms with Crippen LogP contribution in [0.5, 0.6) is 0 Å². The van der Waals surface area contributed by atoms with Crippen LogP contribution in [-0.2, 0) is 42.9 Å². The summed E-state index contributed by atoms with van der Waals surface area (Å²) in [5, 5.41) is 31.5. The summed E-state index contributed by atoms with van der Waals surface area (Å²) in [6.45, 7) is 6.02. The van der Waals surface area contributed by atoms with Crippen molar-refractivity contribution in [2.24, 2.45) is 0 Å². The number of hydrogen-bond acceptors (Lipinski definition) is 11. The molecule has 1 saturated heterocycles. The largest absolute Gasteiger partial charge is 0.479 e. The topological polar surface area (TPSA) is 175 Å². The van der Waals surface area contributed by atoms with Gasteiger partial charge in [-0.3, -0.25) is 14.4 Å². The summed E-state index contributed by atoms with van der Waals surface area (Å²) in [4.78, 5) is 51.1. The third-order valence-electron chi connectivity index (χ3n) is 14.3. The highest BCUT2D eigenvalue weighted by molar-refractivity contribution is 5.74. The van der Waals surface area contributed by atoms with Gasteiger partial charge in [0.2, 0.25) is 0 Å². The number of rotatable bonds is 53. The molecule has 0 radical (unpaired) electrons. The van der Waals surface area contributed by atoms with Crippen LogP contribution in [-0.4, -0.2) is 89.2 Å². The zero-order valence-electron chi connectivity index (χ0n) is 47.2. The maximum Gasteiger partial charge on any atom is 0.335 e. The van der Waals surface area contributed by atoms with Crippen LogP contribution in [0.2, 0.25) is 0 Å². The van der Waals surface area contributed by atoms with Gasteiger partial charge < -0.3 is 39.0 Å². The Labute approximate surface area is 446 Å². The quantitative estimate of drug-likeness (QED) is 0.0228. The fourth-order valence-electron chi connectivity index (χ4n) is 9.60. The van der Waals surface area contributed by atoms with Crippen LogP contribution in [0.3, 0.4) is 0 Å². The summed E-state index contributed by atoms with van der Waals surface area (Å²) >= 11 is 0. The fraction of sp³-hybridized carbons (Fsp3) is 0.902. The molecule has 1 fully saturated rings. The zero-order valence-corrected chi connectivity index (χ0v) is 47.2. The van der Waals surface area contributed by atoms with Gasteiger partial charge in [-0.05, 0) is 44.9 Å². The molecule has 3 N–H and O–H groups in total. The molecule has 12 nitrogen and oxygen atoms in total. The van der Waals surface area contributed by atoms with E-state index in [-0.39, 0.29) is 25.9 Å². The fourth-order valence-corrected chi connectivity index (χ4v) is 9.60. The highest BCUT2D eigenvalue weighted by Gasteiger charge is 2.50. The first-order valence-corrected chi connectivity index (χ1v) is 30.7. The molecule has 6 atom stereocenters. The van der Waals surface area contributed by atoms with Crippen molar-refractivity contribution in [1.82, 2.24) is 0 Å². The van der Waals surface area contributed by atoms with Gasteiger partial charge in [0.25, 0.3) is 0 Å². The zero-order chi connectivity index (χ0) is 53.3. The molecular weight excluding hydrogens is 925 g/mol. The van der Waals surface area contributed by atoms with Crippen molar-refractivity contribution in [2.75, 3.05) is 13.2 Å². The average Bonchev–Trinajstić information content (AvgIpc) is 3.37. The second-order valence-corrected chi connectivity index (χ2v) is 21.4. The van der Waals surface area contributed by atoms with E-state index in [1.165, 1.54) is 167 Å². The molecule has 0 aromatic rings. The third-order valence-corrected chi connectivity index (χ3v) is 14.3. The molecule has 0 spiro atoms. The van der Waals surface area contributed by atoms with Gasteiger partial charge >= 0.3 is 23.9 Å². The molecule has 428 valence electrons. The number of aliphatic hydroxyl groups excluding tert-OH is 2. The van der Waals surface area contributed by atoms with Gasteiger partial charge in [0.15, 0.2) is 24.6 Å². The Morgan fingerprint density at radius 2 is 0.781 bits per heavy atom. The Morgan fingerprint density at radius 1 is 0.438 bits per heavy atom. The van der Waals surface area contributed by atoms with Gasteiger partial charge in [0.1, 0.15) is 18.8 Å². The first kappa shape index (κ1) is 68.5. The molecular formula is C61H112O12. The first-order chi connectivity index (χ1) is 35.6. The van der Waals surface area contributed by atoms with E-state index in [2.05, 4.69) is 32.9 Å². The van der Waals surface area contributed by atoms with E-state index in [0.29, 0.717) is 19.3 Å². The number of esters is 3. The van der Waals surface area contributed by atoms with Crippen LogP contribution in [0.1, 0.15) is 303 Å². The molecule has 1 heterocycles. The number of unbranched alkanes of at least 4 members (excludes halogenated alkanes) is 37. The van der Waals surface area contributed by atoms with E-state index in [1.807, 2.05) is 0 Å². The molecule has 1 rings (SSSR count). The maximum absolute atomic E-state index is 13.1. The van der Waals surface area contributed by atoms with E-state index >= 15 is 0 Å². The lowest BCUT2D eigenvalue weighted by molar-refractivity contribution is -0.301. The van der Waals surface area contributed by atoms with Gasteiger partial charge in [0, 0.05) is 19.3 Å². The Morgan fingerprint density at radius 3 is 1.16 bits per heavy atom. The van der Waals surface area contributed by atoms with Crippen molar-refractivity contribution in [3.8, 4) is 0 Å². The molecule has 0 aliphatic carbocycles. The number of hydrogen-bond donors (Lipinski definition) is 3. The summed E-state index contributed by atoms with van der Waals surface area (Å²) in [5.41, 5.74) is 0. The third kappa shape index (κ3) is 40.4. The smallest absolute Gasteiger partial charge is 0.335 e. The predicted octanol–water partition coefficient (Wildman–Crippen LogP) is 15.7. The molecule has 6 unspecified atom stereocenters. The van der Waals surface area contributed by atoms with E-state index in [0.717, 1.165) is 77.0 Å². The lowest BCUT2D eigenvalue weighted by atomic mass is 9.98. The van der Waals surface area contributed by atoms with Gasteiger partial charge in [-0.25, -0.2) is 4.79 Å². The van der Waals surface area contributed by atoms with Crippen molar-refractivity contribution < 1.29 is 58.2 Å². The van der Waals surface area contributed by atoms with Crippen molar-refractivity contribution in [2.45, 2.75) is 340 Å². The van der Waals surface area contributed by atoms with Crippen molar-refractivity contribution in [1.29, 1.82) is 0 Å². The van der Waals surface area contributed by atoms with E-state index < -0.39 is 67.3 Å². The Balaban J connectivity index is 2.67. The highest BCUT2D eigenvalue weighted by Crippen LogP contribution is 2.27. The van der Waals surface area contributed by atoms with Crippen LogP contribution in [0, 0.1) is 0 Å². The number of allylic oxidation sites excluding steroid dienone is 2. The number of aliphatic carboxylic acids is 1. The molecule has 12 heteroatoms. The van der Waals surface area contributed by atoms with E-state index in [4.69, 9.17) is 23.7 Å². The lowest BCUT2D eigenvalue weighted by Gasteiger charge is -2.40. The van der Waals surface area contributed by atoms with Crippen LogP contribution in [0.25, 0.3) is 0 Å². The Hall–Kier alpha value is -2.54. The second-order valence-electron chi connectivity index (χ2n) is 21.4. The van der Waals surface area contributed by atoms with Gasteiger partial charge in [-0.15, -0.1) is 0 Å². The Bertz CT molecular complexity index is 1320. The number of carbonyl (C=O) groups excluding carboxylic acids is 3. The number of carbonyl (C=O) groups is 4. The van der Waals surface area contributed by atoms with E-state index in [1.54, 1.807) is 0 Å². The molecule has 0 aromatic carbocycles. The normalized spacial score (nSPS) is 18.3. The van der Waals surface area contributed by atoms with Crippen LogP contribution >= 0.6 is 0 Å². The summed E-state index contributed by atoms with van der Waals surface area (Å²) in [7, 11) is 0. The van der Waals surface area contributed by atoms with Crippen LogP contribution in [0.4, 0.5) is 0 Å². The molecule has 0 saturated carbocycles. The summed E-state index contributed by atoms with van der Waals surface area (Å²) in [6, 6.07) is 0. The van der Waals surface area contributed by atoms with Crippen molar-refractivity contribution >= 4 is 23.9 Å². The highest BCUT2D eigenvalue weighted by atomic mass is 16.7. The monoisotopic (exact) mass is 1040 g/mol. The summed E-state index contributed by atoms with van der Waals surface area (Å²) in [6.07, 6.45) is 43.2. The summed E-state index contributed by atoms with van der Waals surface area (Å²) in [5.74, 6) is -3.09. The van der Waals surface area contributed by atoms with E-state index in [9.17, 15) is 34.5 Å². The minimum absolute atomic E-state index is 0.0568. The van der Waals surface area contributed by atoms with Crippen molar-refractivity contribution in [3.05, 3.63) is 12.2 Å². The lowest BCUT2D eigenvalue weighted by Crippen LogP contribution is -2.61. The molecule has 0 bridgehead atoms. The van der Waals surface area contributed by atoms with Crippen LogP contribution < -0.4 is 0 Å². The molecule has 0 amide bonds. The first-order valence-electron chi connectivity index (χ1n) is 30.7. The number of carboxylic acids is 1. The number of aliphatic hydroxyl groups is 2. The average molecular weight is 1040 g/mol. The summed E-state index contributed by atoms with van der Waals surface area (Å²) < 4.78 is 28.5. The number of ether oxygens (including phenoxy) is 5. The number of carboxylic acid groups (broad SMARTS) is 1. The van der Waals surface area contributed by atoms with Gasteiger partial charge in [-0.1, -0.05) is 251 Å². The molecule has 1 aliphatic rings. The Kier molecular flexibility index (Phi) is 47.2. The standard InChI is InChI=1S/C61H112O12/c1-4-7-10-13-16-19-22-25-27-30-32-35-38-41-44-47-53(62)69-50-52(71-54(63)48-45-42-39-36-33-29-24-21-18-15-12-9-6-3)51-70-61-59(57(66)56(65)58(73-61)60(67)68)72-55(64)49-46-43-40-37-34-31-28-26-23-20-17-14-11-8-5-2/h26,28,52,56-59,61,65-66H,4-25,27,29-51H2,1-3H3,(H,67,68)/b28-26-. The predicted molar refractivity (Wildman–Crippen MR) is 294 cm³/mol. The molecule has 73 heavy (non-hydrogen) atoms. The van der Waals surface area contributed by atoms with Gasteiger partial charge in [-0.2, -0.15) is 0 Å². The van der Waals surface area contributed by atoms with Crippen molar-refractivity contribution in [3.63, 3.8) is 0 Å².